The number of rotatable bonds is 3. The van der Waals surface area contributed by atoms with E-state index in [2.05, 4.69) is 0 Å². The summed E-state index contributed by atoms with van der Waals surface area (Å²) in [6, 6.07) is 0. The van der Waals surface area contributed by atoms with Crippen molar-refractivity contribution in [2.45, 2.75) is 39.2 Å². The molecule has 16 heavy (non-hydrogen) atoms. The van der Waals surface area contributed by atoms with E-state index >= 15 is 0 Å². The molecule has 0 bridgehead atoms. The molecule has 1 rings (SSSR count). The first-order valence-electron chi connectivity index (χ1n) is 5.87. The first-order valence-corrected chi connectivity index (χ1v) is 5.87. The minimum absolute atomic E-state index is 0.264. The molecule has 4 nitrogen and oxygen atoms in total. The van der Waals surface area contributed by atoms with Crippen LogP contribution in [-0.2, 0) is 4.74 Å². The SMILES string of the molecule is CN(CC1CC(CO)C1)C(=O)OC(C)(C)C. The predicted octanol–water partition coefficient (Wildman–Crippen LogP) is 1.87. The summed E-state index contributed by atoms with van der Waals surface area (Å²) >= 11 is 0. The van der Waals surface area contributed by atoms with Crippen molar-refractivity contribution in [2.75, 3.05) is 20.2 Å². The van der Waals surface area contributed by atoms with Crippen molar-refractivity contribution in [1.82, 2.24) is 4.90 Å². The Hall–Kier alpha value is -0.770. The minimum Gasteiger partial charge on any atom is -0.444 e. The molecule has 0 aromatic rings. The van der Waals surface area contributed by atoms with E-state index in [9.17, 15) is 4.79 Å². The van der Waals surface area contributed by atoms with Crippen molar-refractivity contribution in [3.8, 4) is 0 Å². The van der Waals surface area contributed by atoms with Crippen molar-refractivity contribution in [1.29, 1.82) is 0 Å². The first kappa shape index (κ1) is 13.3. The maximum atomic E-state index is 11.6. The van der Waals surface area contributed by atoms with Crippen LogP contribution in [0.4, 0.5) is 4.79 Å². The smallest absolute Gasteiger partial charge is 0.410 e. The third-order valence-electron chi connectivity index (χ3n) is 2.83. The molecular formula is C12H23NO3. The monoisotopic (exact) mass is 229 g/mol. The summed E-state index contributed by atoms with van der Waals surface area (Å²) in [5.41, 5.74) is -0.432. The fourth-order valence-corrected chi connectivity index (χ4v) is 1.97. The summed E-state index contributed by atoms with van der Waals surface area (Å²) in [4.78, 5) is 13.3. The van der Waals surface area contributed by atoms with E-state index in [1.807, 2.05) is 20.8 Å². The highest BCUT2D eigenvalue weighted by Crippen LogP contribution is 2.33. The van der Waals surface area contributed by atoms with Gasteiger partial charge in [-0.25, -0.2) is 4.79 Å². The molecule has 1 fully saturated rings. The molecule has 0 atom stereocenters. The second kappa shape index (κ2) is 5.04. The van der Waals surface area contributed by atoms with E-state index in [0.717, 1.165) is 19.4 Å². The lowest BCUT2D eigenvalue weighted by Crippen LogP contribution is -2.40. The van der Waals surface area contributed by atoms with Gasteiger partial charge in [0.05, 0.1) is 0 Å². The third-order valence-corrected chi connectivity index (χ3v) is 2.83. The first-order chi connectivity index (χ1) is 7.31. The van der Waals surface area contributed by atoms with Gasteiger partial charge in [-0.3, -0.25) is 0 Å². The van der Waals surface area contributed by atoms with Crippen LogP contribution in [0, 0.1) is 11.8 Å². The summed E-state index contributed by atoms with van der Waals surface area (Å²) in [6.45, 7) is 6.59. The van der Waals surface area contributed by atoms with Gasteiger partial charge in [0.25, 0.3) is 0 Å². The molecule has 1 aliphatic rings. The Bertz CT molecular complexity index is 241. The lowest BCUT2D eigenvalue weighted by molar-refractivity contribution is 0.0187. The highest BCUT2D eigenvalue weighted by molar-refractivity contribution is 5.67. The minimum atomic E-state index is -0.432. The van der Waals surface area contributed by atoms with Crippen LogP contribution in [0.15, 0.2) is 0 Å². The van der Waals surface area contributed by atoms with Crippen LogP contribution in [0.1, 0.15) is 33.6 Å². The molecule has 0 heterocycles. The Morgan fingerprint density at radius 3 is 2.38 bits per heavy atom. The van der Waals surface area contributed by atoms with E-state index in [0.29, 0.717) is 11.8 Å². The van der Waals surface area contributed by atoms with Crippen LogP contribution in [0.2, 0.25) is 0 Å². The highest BCUT2D eigenvalue weighted by atomic mass is 16.6. The second-order valence-corrected chi connectivity index (χ2v) is 5.75. The molecule has 1 amide bonds. The fourth-order valence-electron chi connectivity index (χ4n) is 1.97. The Kier molecular flexibility index (Phi) is 4.19. The van der Waals surface area contributed by atoms with Crippen molar-refractivity contribution >= 4 is 6.09 Å². The molecule has 0 aliphatic heterocycles. The number of nitrogens with zero attached hydrogens (tertiary/aromatic N) is 1. The average molecular weight is 229 g/mol. The summed E-state index contributed by atoms with van der Waals surface area (Å²) in [5, 5.41) is 8.89. The Morgan fingerprint density at radius 1 is 1.38 bits per heavy atom. The van der Waals surface area contributed by atoms with Gasteiger partial charge in [-0.15, -0.1) is 0 Å². The van der Waals surface area contributed by atoms with Crippen LogP contribution in [0.5, 0.6) is 0 Å². The molecular weight excluding hydrogens is 206 g/mol. The van der Waals surface area contributed by atoms with E-state index in [1.165, 1.54) is 0 Å². The van der Waals surface area contributed by atoms with Crippen LogP contribution < -0.4 is 0 Å². The molecule has 0 saturated heterocycles. The summed E-state index contributed by atoms with van der Waals surface area (Å²) in [6.07, 6.45) is 1.77. The van der Waals surface area contributed by atoms with Gasteiger partial charge in [0, 0.05) is 20.2 Å². The van der Waals surface area contributed by atoms with Crippen molar-refractivity contribution < 1.29 is 14.6 Å². The molecule has 0 aromatic heterocycles. The van der Waals surface area contributed by atoms with Gasteiger partial charge in [0.1, 0.15) is 5.60 Å². The van der Waals surface area contributed by atoms with Gasteiger partial charge >= 0.3 is 6.09 Å². The highest BCUT2D eigenvalue weighted by Gasteiger charge is 2.31. The number of aliphatic hydroxyl groups excluding tert-OH is 1. The molecule has 0 unspecified atom stereocenters. The van der Waals surface area contributed by atoms with Crippen LogP contribution >= 0.6 is 0 Å². The van der Waals surface area contributed by atoms with Gasteiger partial charge in [-0.1, -0.05) is 0 Å². The van der Waals surface area contributed by atoms with E-state index in [1.54, 1.807) is 11.9 Å². The largest absolute Gasteiger partial charge is 0.444 e. The topological polar surface area (TPSA) is 49.8 Å². The van der Waals surface area contributed by atoms with Crippen LogP contribution in [0.3, 0.4) is 0 Å². The number of hydrogen-bond acceptors (Lipinski definition) is 3. The average Bonchev–Trinajstić information content (AvgIpc) is 2.07. The summed E-state index contributed by atoms with van der Waals surface area (Å²) in [5.74, 6) is 0.965. The zero-order valence-electron chi connectivity index (χ0n) is 10.7. The Labute approximate surface area is 97.6 Å². The van der Waals surface area contributed by atoms with Crippen LogP contribution in [0.25, 0.3) is 0 Å². The van der Waals surface area contributed by atoms with Gasteiger partial charge in [0.2, 0.25) is 0 Å². The van der Waals surface area contributed by atoms with E-state index in [4.69, 9.17) is 9.84 Å². The molecule has 0 aromatic carbocycles. The maximum absolute atomic E-state index is 11.6. The standard InChI is InChI=1S/C12H23NO3/c1-12(2,3)16-11(15)13(4)7-9-5-10(6-9)8-14/h9-10,14H,5-8H2,1-4H3. The number of carbonyl (C=O) groups is 1. The zero-order chi connectivity index (χ0) is 12.3. The normalized spacial score (nSPS) is 24.8. The van der Waals surface area contributed by atoms with Gasteiger partial charge in [-0.2, -0.15) is 0 Å². The Balaban J connectivity index is 2.25. The molecule has 0 spiro atoms. The lowest BCUT2D eigenvalue weighted by Gasteiger charge is -2.36. The molecule has 94 valence electrons. The molecule has 1 saturated carbocycles. The molecule has 0 radical (unpaired) electrons. The van der Waals surface area contributed by atoms with Gasteiger partial charge < -0.3 is 14.7 Å². The van der Waals surface area contributed by atoms with Crippen molar-refractivity contribution in [3.05, 3.63) is 0 Å². The zero-order valence-corrected chi connectivity index (χ0v) is 10.7. The van der Waals surface area contributed by atoms with Gasteiger partial charge in [0.15, 0.2) is 0 Å². The number of amides is 1. The summed E-state index contributed by atoms with van der Waals surface area (Å²) in [7, 11) is 1.76. The number of ether oxygens (including phenoxy) is 1. The van der Waals surface area contributed by atoms with Gasteiger partial charge in [-0.05, 0) is 45.4 Å². The second-order valence-electron chi connectivity index (χ2n) is 5.75. The molecule has 1 aliphatic carbocycles. The number of carbonyl (C=O) groups excluding carboxylic acids is 1. The quantitative estimate of drug-likeness (QED) is 0.803. The van der Waals surface area contributed by atoms with E-state index in [-0.39, 0.29) is 12.7 Å². The fraction of sp³-hybridized carbons (Fsp3) is 0.917. The molecule has 4 heteroatoms. The van der Waals surface area contributed by atoms with Crippen molar-refractivity contribution in [3.63, 3.8) is 0 Å². The number of aliphatic hydroxyl groups is 1. The Morgan fingerprint density at radius 2 is 1.94 bits per heavy atom. The van der Waals surface area contributed by atoms with E-state index < -0.39 is 5.60 Å². The number of hydrogen-bond donors (Lipinski definition) is 1. The lowest BCUT2D eigenvalue weighted by atomic mass is 9.75. The summed E-state index contributed by atoms with van der Waals surface area (Å²) < 4.78 is 5.26. The maximum Gasteiger partial charge on any atom is 0.410 e. The van der Waals surface area contributed by atoms with Crippen LogP contribution in [-0.4, -0.2) is 41.9 Å². The van der Waals surface area contributed by atoms with Crippen molar-refractivity contribution in [2.24, 2.45) is 11.8 Å². The molecule has 1 N–H and O–H groups in total. The predicted molar refractivity (Wildman–Crippen MR) is 62.2 cm³/mol. The third kappa shape index (κ3) is 4.00.